The number of halogens is 3. The summed E-state index contributed by atoms with van der Waals surface area (Å²) >= 11 is 6.02. The van der Waals surface area contributed by atoms with Gasteiger partial charge in [0.05, 0.1) is 12.8 Å². The maximum absolute atomic E-state index is 13.5. The van der Waals surface area contributed by atoms with E-state index >= 15 is 0 Å². The van der Waals surface area contributed by atoms with Crippen molar-refractivity contribution in [2.24, 2.45) is 0 Å². The molecule has 0 saturated heterocycles. The third-order valence-corrected chi connectivity index (χ3v) is 4.58. The summed E-state index contributed by atoms with van der Waals surface area (Å²) in [6.45, 7) is 1.73. The fourth-order valence-electron chi connectivity index (χ4n) is 2.75. The highest BCUT2D eigenvalue weighted by Crippen LogP contribution is 2.27. The Morgan fingerprint density at radius 1 is 1.10 bits per heavy atom. The summed E-state index contributed by atoms with van der Waals surface area (Å²) < 4.78 is 32.0. The van der Waals surface area contributed by atoms with E-state index in [2.05, 4.69) is 5.32 Å². The number of benzene rings is 2. The van der Waals surface area contributed by atoms with Gasteiger partial charge < -0.3 is 19.9 Å². The number of anilines is 1. The predicted octanol–water partition coefficient (Wildman–Crippen LogP) is 4.02. The van der Waals surface area contributed by atoms with Gasteiger partial charge >= 0.3 is 0 Å². The third-order valence-electron chi connectivity index (χ3n) is 4.34. The number of carbonyl (C=O) groups excluding carboxylic acids is 1. The highest BCUT2D eigenvalue weighted by atomic mass is 35.5. The van der Waals surface area contributed by atoms with Crippen molar-refractivity contribution in [3.05, 3.63) is 58.6 Å². The van der Waals surface area contributed by atoms with Crippen LogP contribution in [0.1, 0.15) is 12.0 Å². The first-order chi connectivity index (χ1) is 13.8. The molecule has 0 saturated carbocycles. The number of methoxy groups -OCH3 is 1. The SMILES string of the molecule is COc1ccc(Cl)cc1NCCC(=O)N(CCN(C)C)Cc1ccc(F)c(F)c1. The number of rotatable bonds is 10. The molecule has 0 aliphatic carbocycles. The van der Waals surface area contributed by atoms with Gasteiger partial charge in [-0.2, -0.15) is 0 Å². The molecule has 1 amide bonds. The molecule has 29 heavy (non-hydrogen) atoms. The van der Waals surface area contributed by atoms with E-state index in [9.17, 15) is 13.6 Å². The van der Waals surface area contributed by atoms with Crippen LogP contribution in [0.15, 0.2) is 36.4 Å². The standard InChI is InChI=1S/C21H26ClF2N3O2/c1-26(2)10-11-27(14-15-4-6-17(23)18(24)12-15)21(28)8-9-25-19-13-16(22)5-7-20(19)29-3/h4-7,12-13,25H,8-11,14H2,1-3H3. The van der Waals surface area contributed by atoms with Crippen molar-refractivity contribution in [3.8, 4) is 5.75 Å². The number of carbonyl (C=O) groups is 1. The fraction of sp³-hybridized carbons (Fsp3) is 0.381. The first kappa shape index (κ1) is 22.9. The molecule has 0 heterocycles. The third kappa shape index (κ3) is 7.18. The van der Waals surface area contributed by atoms with E-state index in [1.54, 1.807) is 30.2 Å². The number of amides is 1. The summed E-state index contributed by atoms with van der Waals surface area (Å²) in [6, 6.07) is 8.90. The lowest BCUT2D eigenvalue weighted by molar-refractivity contribution is -0.131. The highest BCUT2D eigenvalue weighted by molar-refractivity contribution is 6.30. The molecular weight excluding hydrogens is 400 g/mol. The summed E-state index contributed by atoms with van der Waals surface area (Å²) in [5.74, 6) is -1.28. The van der Waals surface area contributed by atoms with Crippen LogP contribution in [-0.4, -0.2) is 56.5 Å². The molecule has 0 aromatic heterocycles. The molecule has 158 valence electrons. The van der Waals surface area contributed by atoms with Crippen molar-refractivity contribution in [2.75, 3.05) is 46.2 Å². The molecule has 1 N–H and O–H groups in total. The van der Waals surface area contributed by atoms with Gasteiger partial charge in [0, 0.05) is 37.6 Å². The molecule has 0 fully saturated rings. The number of nitrogens with zero attached hydrogens (tertiary/aromatic N) is 2. The largest absolute Gasteiger partial charge is 0.495 e. The Bertz CT molecular complexity index is 834. The average molecular weight is 426 g/mol. The second kappa shape index (κ2) is 11.0. The summed E-state index contributed by atoms with van der Waals surface area (Å²) in [5, 5.41) is 3.72. The van der Waals surface area contributed by atoms with Crippen LogP contribution in [0.4, 0.5) is 14.5 Å². The van der Waals surface area contributed by atoms with E-state index in [4.69, 9.17) is 16.3 Å². The molecule has 0 aliphatic heterocycles. The van der Waals surface area contributed by atoms with E-state index in [1.165, 1.54) is 6.07 Å². The van der Waals surface area contributed by atoms with Gasteiger partial charge in [-0.15, -0.1) is 0 Å². The van der Waals surface area contributed by atoms with Gasteiger partial charge in [0.25, 0.3) is 0 Å². The summed E-state index contributed by atoms with van der Waals surface area (Å²) in [7, 11) is 5.38. The maximum atomic E-state index is 13.5. The van der Waals surface area contributed by atoms with Gasteiger partial charge in [0.1, 0.15) is 5.75 Å². The first-order valence-electron chi connectivity index (χ1n) is 9.24. The molecule has 0 unspecified atom stereocenters. The molecular formula is C21H26ClF2N3O2. The monoisotopic (exact) mass is 425 g/mol. The molecule has 0 bridgehead atoms. The zero-order valence-electron chi connectivity index (χ0n) is 16.8. The Kier molecular flexibility index (Phi) is 8.67. The lowest BCUT2D eigenvalue weighted by Gasteiger charge is -2.25. The van der Waals surface area contributed by atoms with E-state index in [0.717, 1.165) is 12.1 Å². The molecule has 2 aromatic rings. The fourth-order valence-corrected chi connectivity index (χ4v) is 2.92. The van der Waals surface area contributed by atoms with E-state index in [1.807, 2.05) is 19.0 Å². The Balaban J connectivity index is 2.01. The van der Waals surface area contributed by atoms with Crippen molar-refractivity contribution in [1.82, 2.24) is 9.80 Å². The molecule has 0 spiro atoms. The molecule has 5 nitrogen and oxygen atoms in total. The van der Waals surface area contributed by atoms with Crippen molar-refractivity contribution < 1.29 is 18.3 Å². The van der Waals surface area contributed by atoms with Crippen LogP contribution >= 0.6 is 11.6 Å². The maximum Gasteiger partial charge on any atom is 0.224 e. The molecule has 0 aliphatic rings. The summed E-state index contributed by atoms with van der Waals surface area (Å²) in [4.78, 5) is 16.4. The molecule has 8 heteroatoms. The van der Waals surface area contributed by atoms with Crippen molar-refractivity contribution in [3.63, 3.8) is 0 Å². The second-order valence-electron chi connectivity index (χ2n) is 6.89. The van der Waals surface area contributed by atoms with Crippen molar-refractivity contribution >= 4 is 23.2 Å². The minimum Gasteiger partial charge on any atom is -0.495 e. The zero-order chi connectivity index (χ0) is 21.4. The lowest BCUT2D eigenvalue weighted by Crippen LogP contribution is -2.37. The number of hydrogen-bond donors (Lipinski definition) is 1. The minimum absolute atomic E-state index is 0.0925. The molecule has 2 rings (SSSR count). The zero-order valence-corrected chi connectivity index (χ0v) is 17.6. The first-order valence-corrected chi connectivity index (χ1v) is 9.61. The highest BCUT2D eigenvalue weighted by Gasteiger charge is 2.15. The smallest absolute Gasteiger partial charge is 0.224 e. The summed E-state index contributed by atoms with van der Waals surface area (Å²) in [6.07, 6.45) is 0.229. The molecule has 0 radical (unpaired) electrons. The topological polar surface area (TPSA) is 44.8 Å². The van der Waals surface area contributed by atoms with Crippen molar-refractivity contribution in [1.29, 1.82) is 0 Å². The quantitative estimate of drug-likeness (QED) is 0.624. The summed E-state index contributed by atoms with van der Waals surface area (Å²) in [5.41, 5.74) is 1.24. The lowest BCUT2D eigenvalue weighted by atomic mass is 10.2. The van der Waals surface area contributed by atoms with Gasteiger partial charge in [0.15, 0.2) is 11.6 Å². The van der Waals surface area contributed by atoms with Gasteiger partial charge in [-0.25, -0.2) is 8.78 Å². The minimum atomic E-state index is -0.919. The number of ether oxygens (including phenoxy) is 1. The number of nitrogens with one attached hydrogen (secondary N) is 1. The van der Waals surface area contributed by atoms with Gasteiger partial charge in [-0.1, -0.05) is 17.7 Å². The van der Waals surface area contributed by atoms with E-state index in [0.29, 0.717) is 41.7 Å². The average Bonchev–Trinajstić information content (AvgIpc) is 2.67. The van der Waals surface area contributed by atoms with Crippen LogP contribution in [0.25, 0.3) is 0 Å². The normalized spacial score (nSPS) is 10.9. The van der Waals surface area contributed by atoms with E-state index in [-0.39, 0.29) is 18.9 Å². The van der Waals surface area contributed by atoms with Crippen LogP contribution < -0.4 is 10.1 Å². The Morgan fingerprint density at radius 2 is 1.86 bits per heavy atom. The van der Waals surface area contributed by atoms with Crippen LogP contribution in [0.2, 0.25) is 5.02 Å². The van der Waals surface area contributed by atoms with Gasteiger partial charge in [-0.05, 0) is 50.0 Å². The van der Waals surface area contributed by atoms with Crippen LogP contribution in [0.3, 0.4) is 0 Å². The van der Waals surface area contributed by atoms with Crippen LogP contribution in [-0.2, 0) is 11.3 Å². The van der Waals surface area contributed by atoms with Gasteiger partial charge in [-0.3, -0.25) is 4.79 Å². The Hall–Kier alpha value is -2.38. The molecule has 2 aromatic carbocycles. The van der Waals surface area contributed by atoms with E-state index < -0.39 is 11.6 Å². The predicted molar refractivity (Wildman–Crippen MR) is 111 cm³/mol. The molecule has 0 atom stereocenters. The second-order valence-corrected chi connectivity index (χ2v) is 7.32. The number of hydrogen-bond acceptors (Lipinski definition) is 4. The number of likely N-dealkylation sites (N-methyl/N-ethyl adjacent to an activating group) is 1. The van der Waals surface area contributed by atoms with Crippen LogP contribution in [0, 0.1) is 11.6 Å². The van der Waals surface area contributed by atoms with Crippen molar-refractivity contribution in [2.45, 2.75) is 13.0 Å². The van der Waals surface area contributed by atoms with Gasteiger partial charge in [0.2, 0.25) is 5.91 Å². The Morgan fingerprint density at radius 3 is 2.52 bits per heavy atom. The Labute approximate surface area is 175 Å². The van der Waals surface area contributed by atoms with Crippen LogP contribution in [0.5, 0.6) is 5.75 Å².